The quantitative estimate of drug-likeness (QED) is 0.701. The van der Waals surface area contributed by atoms with Crippen LogP contribution in [-0.4, -0.2) is 19.7 Å². The van der Waals surface area contributed by atoms with Gasteiger partial charge in [-0.2, -0.15) is 0 Å². The third-order valence-electron chi connectivity index (χ3n) is 3.50. The Morgan fingerprint density at radius 1 is 1.19 bits per heavy atom. The van der Waals surface area contributed by atoms with Gasteiger partial charge in [0.05, 0.1) is 0 Å². The molecule has 0 bridgehead atoms. The number of halogens is 1. The van der Waals surface area contributed by atoms with Gasteiger partial charge in [-0.05, 0) is 54.5 Å². The van der Waals surface area contributed by atoms with E-state index >= 15 is 0 Å². The number of hydrogen-bond donors (Lipinski definition) is 1. The van der Waals surface area contributed by atoms with E-state index in [4.69, 9.17) is 16.3 Å². The zero-order valence-corrected chi connectivity index (χ0v) is 15.1. The molecule has 0 radical (unpaired) electrons. The number of ether oxygens (including phenoxy) is 1. The van der Waals surface area contributed by atoms with Crippen molar-refractivity contribution in [2.24, 2.45) is 5.41 Å². The van der Waals surface area contributed by atoms with Gasteiger partial charge in [-0.3, -0.25) is 0 Å². The molecule has 2 nitrogen and oxygen atoms in total. The summed E-state index contributed by atoms with van der Waals surface area (Å²) < 4.78 is 5.95. The summed E-state index contributed by atoms with van der Waals surface area (Å²) in [5, 5.41) is 4.25. The van der Waals surface area contributed by atoms with Crippen LogP contribution < -0.4 is 10.1 Å². The van der Waals surface area contributed by atoms with E-state index in [1.165, 1.54) is 12.0 Å². The molecule has 1 aromatic rings. The highest BCUT2D eigenvalue weighted by molar-refractivity contribution is 6.31. The second-order valence-corrected chi connectivity index (χ2v) is 7.61. The van der Waals surface area contributed by atoms with E-state index in [2.05, 4.69) is 39.9 Å². The molecule has 0 saturated carbocycles. The molecule has 1 N–H and O–H groups in total. The average Bonchev–Trinajstić information content (AvgIpc) is 2.35. The van der Waals surface area contributed by atoms with Crippen molar-refractivity contribution in [2.45, 2.75) is 53.9 Å². The molecule has 0 unspecified atom stereocenters. The molecule has 1 aromatic carbocycles. The van der Waals surface area contributed by atoms with Crippen LogP contribution in [0.2, 0.25) is 5.02 Å². The van der Waals surface area contributed by atoms with Gasteiger partial charge in [0, 0.05) is 11.6 Å². The molecule has 0 atom stereocenters. The van der Waals surface area contributed by atoms with E-state index in [1.807, 2.05) is 19.1 Å². The van der Waals surface area contributed by atoms with Crippen molar-refractivity contribution >= 4 is 11.6 Å². The molecule has 21 heavy (non-hydrogen) atoms. The molecule has 3 heteroatoms. The Morgan fingerprint density at radius 2 is 1.86 bits per heavy atom. The van der Waals surface area contributed by atoms with Crippen molar-refractivity contribution < 1.29 is 4.74 Å². The van der Waals surface area contributed by atoms with E-state index in [0.717, 1.165) is 29.4 Å². The summed E-state index contributed by atoms with van der Waals surface area (Å²) >= 11 is 6.21. The zero-order chi connectivity index (χ0) is 16.0. The third kappa shape index (κ3) is 6.71. The minimum atomic E-state index is 0.381. The first kappa shape index (κ1) is 18.3. The summed E-state index contributed by atoms with van der Waals surface area (Å²) in [5.41, 5.74) is 2.63. The lowest BCUT2D eigenvalue weighted by atomic mass is 9.92. The Bertz CT molecular complexity index is 449. The molecular formula is C18H30ClNO. The molecule has 0 aliphatic carbocycles. The topological polar surface area (TPSA) is 21.3 Å². The Labute approximate surface area is 135 Å². The van der Waals surface area contributed by atoms with Crippen LogP contribution in [0.5, 0.6) is 5.75 Å². The fourth-order valence-electron chi connectivity index (χ4n) is 2.07. The maximum Gasteiger partial charge on any atom is 0.123 e. The number of rotatable bonds is 7. The van der Waals surface area contributed by atoms with Crippen molar-refractivity contribution in [3.8, 4) is 5.75 Å². The SMILES string of the molecule is Cc1cc(OCCNCCC(C)(C)C)c(C(C)C)cc1Cl. The average molecular weight is 312 g/mol. The molecule has 0 amide bonds. The van der Waals surface area contributed by atoms with Crippen LogP contribution in [0.4, 0.5) is 0 Å². The van der Waals surface area contributed by atoms with E-state index in [0.29, 0.717) is 17.9 Å². The third-order valence-corrected chi connectivity index (χ3v) is 3.91. The normalized spacial score (nSPS) is 12.0. The molecule has 0 saturated heterocycles. The van der Waals surface area contributed by atoms with Gasteiger partial charge in [0.2, 0.25) is 0 Å². The molecule has 0 spiro atoms. The van der Waals surface area contributed by atoms with Crippen molar-refractivity contribution in [1.82, 2.24) is 5.32 Å². The second kappa shape index (κ2) is 8.05. The lowest BCUT2D eigenvalue weighted by Crippen LogP contribution is -2.25. The molecule has 0 heterocycles. The maximum atomic E-state index is 6.21. The van der Waals surface area contributed by atoms with Gasteiger partial charge in [-0.25, -0.2) is 0 Å². The summed E-state index contributed by atoms with van der Waals surface area (Å²) in [6.07, 6.45) is 1.17. The van der Waals surface area contributed by atoms with Gasteiger partial charge in [0.15, 0.2) is 0 Å². The van der Waals surface area contributed by atoms with Crippen LogP contribution in [0.1, 0.15) is 58.1 Å². The van der Waals surface area contributed by atoms with E-state index in [1.54, 1.807) is 0 Å². The van der Waals surface area contributed by atoms with E-state index in [-0.39, 0.29) is 0 Å². The molecule has 0 fully saturated rings. The van der Waals surface area contributed by atoms with Crippen LogP contribution in [0.15, 0.2) is 12.1 Å². The minimum Gasteiger partial charge on any atom is -0.492 e. The Hall–Kier alpha value is -0.730. The van der Waals surface area contributed by atoms with Gasteiger partial charge < -0.3 is 10.1 Å². The highest BCUT2D eigenvalue weighted by atomic mass is 35.5. The maximum absolute atomic E-state index is 6.21. The number of aryl methyl sites for hydroxylation is 1. The summed E-state index contributed by atoms with van der Waals surface area (Å²) in [4.78, 5) is 0. The lowest BCUT2D eigenvalue weighted by molar-refractivity contribution is 0.300. The molecular weight excluding hydrogens is 282 g/mol. The minimum absolute atomic E-state index is 0.381. The Morgan fingerprint density at radius 3 is 2.43 bits per heavy atom. The zero-order valence-electron chi connectivity index (χ0n) is 14.3. The molecule has 0 aromatic heterocycles. The van der Waals surface area contributed by atoms with Crippen molar-refractivity contribution in [3.05, 3.63) is 28.3 Å². The smallest absolute Gasteiger partial charge is 0.123 e. The van der Waals surface area contributed by atoms with E-state index < -0.39 is 0 Å². The summed E-state index contributed by atoms with van der Waals surface area (Å²) in [6, 6.07) is 4.08. The molecule has 120 valence electrons. The fourth-order valence-corrected chi connectivity index (χ4v) is 2.24. The van der Waals surface area contributed by atoms with Crippen molar-refractivity contribution in [3.63, 3.8) is 0 Å². The van der Waals surface area contributed by atoms with Crippen LogP contribution in [0.25, 0.3) is 0 Å². The lowest BCUT2D eigenvalue weighted by Gasteiger charge is -2.19. The van der Waals surface area contributed by atoms with Crippen LogP contribution >= 0.6 is 11.6 Å². The van der Waals surface area contributed by atoms with Gasteiger partial charge in [-0.15, -0.1) is 0 Å². The predicted molar refractivity (Wildman–Crippen MR) is 92.7 cm³/mol. The highest BCUT2D eigenvalue weighted by Gasteiger charge is 2.11. The first-order valence-corrected chi connectivity index (χ1v) is 8.22. The molecule has 0 aliphatic rings. The van der Waals surface area contributed by atoms with Crippen LogP contribution in [0.3, 0.4) is 0 Å². The van der Waals surface area contributed by atoms with Gasteiger partial charge >= 0.3 is 0 Å². The molecule has 1 rings (SSSR count). The first-order valence-electron chi connectivity index (χ1n) is 7.84. The van der Waals surface area contributed by atoms with Crippen molar-refractivity contribution in [2.75, 3.05) is 19.7 Å². The monoisotopic (exact) mass is 311 g/mol. The fraction of sp³-hybridized carbons (Fsp3) is 0.667. The Balaban J connectivity index is 2.46. The summed E-state index contributed by atoms with van der Waals surface area (Å²) in [6.45, 7) is 15.7. The summed E-state index contributed by atoms with van der Waals surface area (Å²) in [5.74, 6) is 1.37. The number of benzene rings is 1. The second-order valence-electron chi connectivity index (χ2n) is 7.20. The van der Waals surface area contributed by atoms with Crippen LogP contribution in [-0.2, 0) is 0 Å². The first-order chi connectivity index (χ1) is 9.70. The largest absolute Gasteiger partial charge is 0.492 e. The number of hydrogen-bond acceptors (Lipinski definition) is 2. The summed E-state index contributed by atoms with van der Waals surface area (Å²) in [7, 11) is 0. The standard InChI is InChI=1S/C18H30ClNO/c1-13(2)15-12-16(19)14(3)11-17(15)21-10-9-20-8-7-18(4,5)6/h11-13,20H,7-10H2,1-6H3. The van der Waals surface area contributed by atoms with Gasteiger partial charge in [0.1, 0.15) is 12.4 Å². The Kier molecular flexibility index (Phi) is 7.02. The van der Waals surface area contributed by atoms with Crippen LogP contribution in [0, 0.1) is 12.3 Å². The highest BCUT2D eigenvalue weighted by Crippen LogP contribution is 2.31. The van der Waals surface area contributed by atoms with Gasteiger partial charge in [0.25, 0.3) is 0 Å². The van der Waals surface area contributed by atoms with E-state index in [9.17, 15) is 0 Å². The number of nitrogens with one attached hydrogen (secondary N) is 1. The predicted octanol–water partition coefficient (Wildman–Crippen LogP) is 5.18. The van der Waals surface area contributed by atoms with Gasteiger partial charge in [-0.1, -0.05) is 46.2 Å². The van der Waals surface area contributed by atoms with Crippen molar-refractivity contribution in [1.29, 1.82) is 0 Å². The molecule has 0 aliphatic heterocycles.